The van der Waals surface area contributed by atoms with Crippen LogP contribution in [0, 0.1) is 0 Å². The van der Waals surface area contributed by atoms with Crippen LogP contribution in [0.2, 0.25) is 0 Å². The zero-order valence-corrected chi connectivity index (χ0v) is 34.5. The number of fused-ring (bicyclic) bond motifs is 13. The minimum atomic E-state index is -0.188. The topological polar surface area (TPSA) is 13.1 Å². The number of hydrogen-bond acceptors (Lipinski definition) is 1. The largest absolute Gasteiger partial charge is 0.456 e. The molecule has 0 aliphatic heterocycles. The Morgan fingerprint density at radius 3 is 1.29 bits per heavy atom. The van der Waals surface area contributed by atoms with Gasteiger partial charge in [0.2, 0.25) is 0 Å². The van der Waals surface area contributed by atoms with Gasteiger partial charge in [-0.2, -0.15) is 0 Å². The lowest BCUT2D eigenvalue weighted by Crippen LogP contribution is -2.17. The van der Waals surface area contributed by atoms with E-state index < -0.39 is 0 Å². The molecule has 11 aromatic carbocycles. The Morgan fingerprint density at radius 2 is 0.694 bits per heavy atom. The van der Waals surface area contributed by atoms with Crippen molar-refractivity contribution in [1.82, 2.24) is 0 Å². The van der Waals surface area contributed by atoms with Crippen LogP contribution in [-0.2, 0) is 5.41 Å². The number of benzene rings is 11. The molecule has 0 radical (unpaired) electrons. The molecule has 0 unspecified atom stereocenters. The average Bonchev–Trinajstić information content (AvgIpc) is 3.82. The van der Waals surface area contributed by atoms with E-state index in [1.165, 1.54) is 110 Å². The lowest BCUT2D eigenvalue weighted by Gasteiger charge is -2.26. The molecule has 0 bridgehead atoms. The highest BCUT2D eigenvalue weighted by molar-refractivity contribution is 6.22. The molecule has 1 aromatic heterocycles. The molecule has 0 saturated heterocycles. The van der Waals surface area contributed by atoms with Crippen molar-refractivity contribution in [2.24, 2.45) is 0 Å². The average molecular weight is 789 g/mol. The molecule has 1 aliphatic carbocycles. The number of para-hydroxylation sites is 1. The van der Waals surface area contributed by atoms with Gasteiger partial charge in [0.15, 0.2) is 0 Å². The van der Waals surface area contributed by atoms with Crippen LogP contribution in [0.25, 0.3) is 121 Å². The highest BCUT2D eigenvalue weighted by Gasteiger charge is 2.40. The second kappa shape index (κ2) is 13.1. The van der Waals surface area contributed by atoms with E-state index in [4.69, 9.17) is 4.42 Å². The standard InChI is InChI=1S/C61H40O/c1-61(2)59-42(23-13-24-52(59)58-46-17-5-3-14-43(46)44-15-4-10-22-51(44)60(58)61)38-28-32-40(33-29-38)57-49-20-8-6-18-47(49)56(48-19-7-9-21-50(48)57)39-30-26-37(27-31-39)41-34-35-55-53(36-41)45-16-11-12-25-54(45)62-55/h3-36H,1-2H3. The SMILES string of the molecule is CC1(C)c2c(-c3ccc(-c4c5ccccc5c(-c5ccc(-c6ccc7oc8ccccc8c7c6)cc5)c5ccccc45)cc3)cccc2-c2c1c1ccccc1c1ccccc21. The Bertz CT molecular complexity index is 3750. The first-order chi connectivity index (χ1) is 30.5. The molecule has 0 saturated carbocycles. The van der Waals surface area contributed by atoms with E-state index >= 15 is 0 Å². The molecule has 1 nitrogen and oxygen atoms in total. The van der Waals surface area contributed by atoms with Crippen molar-refractivity contribution in [3.8, 4) is 55.6 Å². The first-order valence-electron chi connectivity index (χ1n) is 21.7. The fourth-order valence-corrected chi connectivity index (χ4v) is 11.2. The summed E-state index contributed by atoms with van der Waals surface area (Å²) in [5, 5.41) is 12.6. The summed E-state index contributed by atoms with van der Waals surface area (Å²) in [5.41, 5.74) is 17.1. The van der Waals surface area contributed by atoms with Crippen molar-refractivity contribution in [1.29, 1.82) is 0 Å². The Morgan fingerprint density at radius 1 is 0.274 bits per heavy atom. The van der Waals surface area contributed by atoms with Crippen molar-refractivity contribution in [2.75, 3.05) is 0 Å². The van der Waals surface area contributed by atoms with Crippen LogP contribution < -0.4 is 0 Å². The molecule has 12 aromatic rings. The summed E-state index contributed by atoms with van der Waals surface area (Å²) in [5.74, 6) is 0. The van der Waals surface area contributed by atoms with E-state index in [2.05, 4.69) is 208 Å². The molecule has 0 atom stereocenters. The van der Waals surface area contributed by atoms with E-state index in [-0.39, 0.29) is 5.41 Å². The van der Waals surface area contributed by atoms with Crippen molar-refractivity contribution in [3.05, 3.63) is 217 Å². The predicted molar refractivity (Wildman–Crippen MR) is 263 cm³/mol. The van der Waals surface area contributed by atoms with Gasteiger partial charge >= 0.3 is 0 Å². The van der Waals surface area contributed by atoms with Gasteiger partial charge in [-0.25, -0.2) is 0 Å². The van der Waals surface area contributed by atoms with E-state index in [0.717, 1.165) is 21.9 Å². The van der Waals surface area contributed by atoms with Gasteiger partial charge in [0.1, 0.15) is 11.2 Å². The van der Waals surface area contributed by atoms with Gasteiger partial charge in [0.25, 0.3) is 0 Å². The number of furan rings is 1. The van der Waals surface area contributed by atoms with Crippen LogP contribution in [0.1, 0.15) is 25.0 Å². The summed E-state index contributed by atoms with van der Waals surface area (Å²) < 4.78 is 6.13. The maximum absolute atomic E-state index is 6.13. The van der Waals surface area contributed by atoms with E-state index in [1.807, 2.05) is 12.1 Å². The smallest absolute Gasteiger partial charge is 0.135 e. The van der Waals surface area contributed by atoms with Crippen LogP contribution in [0.5, 0.6) is 0 Å². The summed E-state index contributed by atoms with van der Waals surface area (Å²) in [6.45, 7) is 4.84. The molecule has 0 spiro atoms. The molecular formula is C61H40O. The van der Waals surface area contributed by atoms with Crippen molar-refractivity contribution in [3.63, 3.8) is 0 Å². The van der Waals surface area contributed by atoms with Gasteiger partial charge in [0, 0.05) is 16.2 Å². The highest BCUT2D eigenvalue weighted by atomic mass is 16.3. The monoisotopic (exact) mass is 788 g/mol. The zero-order valence-electron chi connectivity index (χ0n) is 34.5. The molecule has 1 heteroatoms. The molecule has 290 valence electrons. The lowest BCUT2D eigenvalue weighted by atomic mass is 9.76. The second-order valence-electron chi connectivity index (χ2n) is 17.5. The lowest BCUT2D eigenvalue weighted by molar-refractivity contribution is 0.668. The second-order valence-corrected chi connectivity index (χ2v) is 17.5. The summed E-state index contributed by atoms with van der Waals surface area (Å²) in [6, 6.07) is 76.0. The maximum Gasteiger partial charge on any atom is 0.135 e. The fraction of sp³-hybridized carbons (Fsp3) is 0.0492. The van der Waals surface area contributed by atoms with Gasteiger partial charge in [-0.15, -0.1) is 0 Å². The van der Waals surface area contributed by atoms with Crippen LogP contribution in [-0.4, -0.2) is 0 Å². The third-order valence-electron chi connectivity index (χ3n) is 13.8. The molecule has 0 N–H and O–H groups in total. The minimum absolute atomic E-state index is 0.188. The zero-order chi connectivity index (χ0) is 41.1. The van der Waals surface area contributed by atoms with Crippen LogP contribution in [0.15, 0.2) is 211 Å². The Balaban J connectivity index is 0.923. The summed E-state index contributed by atoms with van der Waals surface area (Å²) in [7, 11) is 0. The quantitative estimate of drug-likeness (QED) is 0.128. The van der Waals surface area contributed by atoms with Gasteiger partial charge in [-0.1, -0.05) is 202 Å². The van der Waals surface area contributed by atoms with Crippen LogP contribution >= 0.6 is 0 Å². The van der Waals surface area contributed by atoms with Crippen molar-refractivity contribution >= 4 is 65.0 Å². The summed E-state index contributed by atoms with van der Waals surface area (Å²) in [4.78, 5) is 0. The van der Waals surface area contributed by atoms with Gasteiger partial charge < -0.3 is 4.42 Å². The fourth-order valence-electron chi connectivity index (χ4n) is 11.2. The van der Waals surface area contributed by atoms with Gasteiger partial charge in [-0.3, -0.25) is 0 Å². The van der Waals surface area contributed by atoms with Crippen molar-refractivity contribution in [2.45, 2.75) is 19.3 Å². The Kier molecular flexibility index (Phi) is 7.42. The molecule has 0 fully saturated rings. The third-order valence-corrected chi connectivity index (χ3v) is 13.8. The summed E-state index contributed by atoms with van der Waals surface area (Å²) in [6.07, 6.45) is 0. The van der Waals surface area contributed by atoms with E-state index in [0.29, 0.717) is 0 Å². The van der Waals surface area contributed by atoms with Crippen LogP contribution in [0.4, 0.5) is 0 Å². The minimum Gasteiger partial charge on any atom is -0.456 e. The summed E-state index contributed by atoms with van der Waals surface area (Å²) >= 11 is 0. The third kappa shape index (κ3) is 4.97. The molecular weight excluding hydrogens is 749 g/mol. The maximum atomic E-state index is 6.13. The number of hydrogen-bond donors (Lipinski definition) is 0. The molecule has 0 amide bonds. The number of rotatable bonds is 4. The normalized spacial score (nSPS) is 13.1. The van der Waals surface area contributed by atoms with Gasteiger partial charge in [-0.05, 0) is 128 Å². The first kappa shape index (κ1) is 35.1. The Labute approximate surface area is 360 Å². The van der Waals surface area contributed by atoms with E-state index in [9.17, 15) is 0 Å². The van der Waals surface area contributed by atoms with Crippen LogP contribution in [0.3, 0.4) is 0 Å². The van der Waals surface area contributed by atoms with Gasteiger partial charge in [0.05, 0.1) is 0 Å². The molecule has 13 rings (SSSR count). The first-order valence-corrected chi connectivity index (χ1v) is 21.7. The molecule has 62 heavy (non-hydrogen) atoms. The highest BCUT2D eigenvalue weighted by Crippen LogP contribution is 2.57. The van der Waals surface area contributed by atoms with Crippen molar-refractivity contribution < 1.29 is 4.42 Å². The van der Waals surface area contributed by atoms with E-state index in [1.54, 1.807) is 0 Å². The molecule has 1 heterocycles. The predicted octanol–water partition coefficient (Wildman–Crippen LogP) is 17.2. The molecule has 1 aliphatic rings. The Hall–Kier alpha value is -7.74.